The van der Waals surface area contributed by atoms with Gasteiger partial charge in [-0.1, -0.05) is 17.7 Å². The van der Waals surface area contributed by atoms with Gasteiger partial charge in [0.15, 0.2) is 0 Å². The summed E-state index contributed by atoms with van der Waals surface area (Å²) < 4.78 is 26.9. The standard InChI is InChI=1S/C13H19ClN2O2S.ClH/c1-10-4-5-13(12(14)9-10)19(17,18)16-8-6-11-3-2-7-15-11;/h4-5,9,11,15-16H,2-3,6-8H2,1H3;1H/t11-;/m1./s1. The number of benzene rings is 1. The molecule has 0 radical (unpaired) electrons. The zero-order valence-electron chi connectivity index (χ0n) is 11.4. The Morgan fingerprint density at radius 3 is 2.80 bits per heavy atom. The van der Waals surface area contributed by atoms with Crippen molar-refractivity contribution in [3.05, 3.63) is 28.8 Å². The van der Waals surface area contributed by atoms with Crippen molar-refractivity contribution in [2.45, 2.75) is 37.1 Å². The zero-order valence-corrected chi connectivity index (χ0v) is 13.7. The summed E-state index contributed by atoms with van der Waals surface area (Å²) in [5.74, 6) is 0. The van der Waals surface area contributed by atoms with Gasteiger partial charge in [-0.15, -0.1) is 12.4 Å². The first-order chi connectivity index (χ1) is 8.99. The Labute approximate surface area is 131 Å². The lowest BCUT2D eigenvalue weighted by Crippen LogP contribution is -2.30. The average molecular weight is 339 g/mol. The van der Waals surface area contributed by atoms with Crippen LogP contribution >= 0.6 is 24.0 Å². The predicted octanol–water partition coefficient (Wildman–Crippen LogP) is 2.49. The van der Waals surface area contributed by atoms with Crippen LogP contribution < -0.4 is 10.0 Å². The molecule has 2 N–H and O–H groups in total. The van der Waals surface area contributed by atoms with Crippen molar-refractivity contribution in [1.29, 1.82) is 0 Å². The van der Waals surface area contributed by atoms with Crippen LogP contribution in [0.4, 0.5) is 0 Å². The molecule has 0 bridgehead atoms. The molecule has 1 aliphatic heterocycles. The topological polar surface area (TPSA) is 58.2 Å². The van der Waals surface area contributed by atoms with Crippen molar-refractivity contribution in [3.63, 3.8) is 0 Å². The van der Waals surface area contributed by atoms with Crippen molar-refractivity contribution in [2.75, 3.05) is 13.1 Å². The molecule has 0 aliphatic carbocycles. The second kappa shape index (κ2) is 7.61. The summed E-state index contributed by atoms with van der Waals surface area (Å²) in [5, 5.41) is 3.61. The van der Waals surface area contributed by atoms with Crippen molar-refractivity contribution in [2.24, 2.45) is 0 Å². The Kier molecular flexibility index (Phi) is 6.75. The van der Waals surface area contributed by atoms with Gasteiger partial charge in [0.05, 0.1) is 5.02 Å². The molecular weight excluding hydrogens is 319 g/mol. The van der Waals surface area contributed by atoms with Gasteiger partial charge in [0.2, 0.25) is 10.0 Å². The highest BCUT2D eigenvalue weighted by molar-refractivity contribution is 7.89. The van der Waals surface area contributed by atoms with Crippen LogP contribution in [0.3, 0.4) is 0 Å². The Morgan fingerprint density at radius 1 is 1.45 bits per heavy atom. The minimum atomic E-state index is -3.51. The highest BCUT2D eigenvalue weighted by Gasteiger charge is 2.19. The van der Waals surface area contributed by atoms with E-state index in [1.165, 1.54) is 6.42 Å². The van der Waals surface area contributed by atoms with Gasteiger partial charge in [-0.05, 0) is 50.4 Å². The molecule has 0 saturated carbocycles. The van der Waals surface area contributed by atoms with Gasteiger partial charge in [0.1, 0.15) is 4.90 Å². The normalized spacial score (nSPS) is 18.8. The van der Waals surface area contributed by atoms with Crippen molar-refractivity contribution in [3.8, 4) is 0 Å². The van der Waals surface area contributed by atoms with E-state index in [0.29, 0.717) is 12.6 Å². The van der Waals surface area contributed by atoms with E-state index in [2.05, 4.69) is 10.0 Å². The largest absolute Gasteiger partial charge is 0.314 e. The fourth-order valence-corrected chi connectivity index (χ4v) is 3.92. The first-order valence-corrected chi connectivity index (χ1v) is 8.34. The third-order valence-electron chi connectivity index (χ3n) is 3.32. The SMILES string of the molecule is Cc1ccc(S(=O)(=O)NCC[C@H]2CCCN2)c(Cl)c1.Cl. The van der Waals surface area contributed by atoms with Crippen LogP contribution in [0, 0.1) is 6.92 Å². The molecule has 1 atom stereocenters. The van der Waals surface area contributed by atoms with E-state index < -0.39 is 10.0 Å². The fourth-order valence-electron chi connectivity index (χ4n) is 2.27. The third kappa shape index (κ3) is 4.60. The minimum absolute atomic E-state index is 0. The molecule has 0 unspecified atom stereocenters. The lowest BCUT2D eigenvalue weighted by atomic mass is 10.2. The van der Waals surface area contributed by atoms with E-state index in [9.17, 15) is 8.42 Å². The Balaban J connectivity index is 0.00000200. The van der Waals surface area contributed by atoms with Crippen LogP contribution in [0.5, 0.6) is 0 Å². The molecule has 0 amide bonds. The molecule has 1 aromatic rings. The number of aryl methyl sites for hydroxylation is 1. The van der Waals surface area contributed by atoms with Gasteiger partial charge >= 0.3 is 0 Å². The van der Waals surface area contributed by atoms with Gasteiger partial charge in [-0.3, -0.25) is 0 Å². The summed E-state index contributed by atoms with van der Waals surface area (Å²) >= 11 is 5.99. The van der Waals surface area contributed by atoms with E-state index in [0.717, 1.165) is 24.9 Å². The van der Waals surface area contributed by atoms with E-state index in [1.54, 1.807) is 18.2 Å². The van der Waals surface area contributed by atoms with Crippen molar-refractivity contribution in [1.82, 2.24) is 10.0 Å². The molecule has 0 spiro atoms. The quantitative estimate of drug-likeness (QED) is 0.867. The first kappa shape index (κ1) is 17.7. The zero-order chi connectivity index (χ0) is 13.9. The summed E-state index contributed by atoms with van der Waals surface area (Å²) in [7, 11) is -3.51. The lowest BCUT2D eigenvalue weighted by Gasteiger charge is -2.12. The fraction of sp³-hybridized carbons (Fsp3) is 0.538. The molecule has 7 heteroatoms. The number of hydrogen-bond donors (Lipinski definition) is 2. The van der Waals surface area contributed by atoms with Gasteiger partial charge in [-0.2, -0.15) is 0 Å². The molecule has 2 rings (SSSR count). The van der Waals surface area contributed by atoms with E-state index in [-0.39, 0.29) is 22.3 Å². The van der Waals surface area contributed by atoms with E-state index in [4.69, 9.17) is 11.6 Å². The smallest absolute Gasteiger partial charge is 0.242 e. The highest BCUT2D eigenvalue weighted by Crippen LogP contribution is 2.22. The summed E-state index contributed by atoms with van der Waals surface area (Å²) in [5.41, 5.74) is 0.944. The van der Waals surface area contributed by atoms with Crippen LogP contribution in [0.25, 0.3) is 0 Å². The molecule has 1 aliphatic rings. The molecule has 0 aromatic heterocycles. The molecular formula is C13H20Cl2N2O2S. The van der Waals surface area contributed by atoms with Crippen LogP contribution in [-0.2, 0) is 10.0 Å². The monoisotopic (exact) mass is 338 g/mol. The second-order valence-electron chi connectivity index (χ2n) is 4.91. The van der Waals surface area contributed by atoms with Crippen LogP contribution in [-0.4, -0.2) is 27.5 Å². The van der Waals surface area contributed by atoms with Crippen LogP contribution in [0.15, 0.2) is 23.1 Å². The van der Waals surface area contributed by atoms with Crippen molar-refractivity contribution >= 4 is 34.0 Å². The maximum atomic E-state index is 12.1. The molecule has 1 heterocycles. The van der Waals surface area contributed by atoms with Crippen LogP contribution in [0.1, 0.15) is 24.8 Å². The molecule has 1 saturated heterocycles. The van der Waals surface area contributed by atoms with Gasteiger partial charge < -0.3 is 5.32 Å². The van der Waals surface area contributed by atoms with Gasteiger partial charge in [-0.25, -0.2) is 13.1 Å². The number of sulfonamides is 1. The average Bonchev–Trinajstić information content (AvgIpc) is 2.81. The Hall–Kier alpha value is -0.330. The molecule has 1 aromatic carbocycles. The number of halogens is 2. The summed E-state index contributed by atoms with van der Waals surface area (Å²) in [6, 6.07) is 5.39. The van der Waals surface area contributed by atoms with E-state index in [1.807, 2.05) is 6.92 Å². The first-order valence-electron chi connectivity index (χ1n) is 6.48. The molecule has 4 nitrogen and oxygen atoms in total. The molecule has 1 fully saturated rings. The Bertz CT molecular complexity index is 543. The Morgan fingerprint density at radius 2 is 2.20 bits per heavy atom. The van der Waals surface area contributed by atoms with Crippen LogP contribution in [0.2, 0.25) is 5.02 Å². The van der Waals surface area contributed by atoms with Crippen molar-refractivity contribution < 1.29 is 8.42 Å². The minimum Gasteiger partial charge on any atom is -0.314 e. The van der Waals surface area contributed by atoms with Gasteiger partial charge in [0, 0.05) is 12.6 Å². The van der Waals surface area contributed by atoms with E-state index >= 15 is 0 Å². The number of hydrogen-bond acceptors (Lipinski definition) is 3. The maximum Gasteiger partial charge on any atom is 0.242 e. The third-order valence-corrected chi connectivity index (χ3v) is 5.27. The maximum absolute atomic E-state index is 12.1. The summed E-state index contributed by atoms with van der Waals surface area (Å²) in [6.45, 7) is 3.34. The highest BCUT2D eigenvalue weighted by atomic mass is 35.5. The van der Waals surface area contributed by atoms with Gasteiger partial charge in [0.25, 0.3) is 0 Å². The molecule has 20 heavy (non-hydrogen) atoms. The second-order valence-corrected chi connectivity index (χ2v) is 7.06. The summed E-state index contributed by atoms with van der Waals surface area (Å²) in [4.78, 5) is 0.152. The predicted molar refractivity (Wildman–Crippen MR) is 84.3 cm³/mol. The molecule has 114 valence electrons. The number of nitrogens with one attached hydrogen (secondary N) is 2. The lowest BCUT2D eigenvalue weighted by molar-refractivity contribution is 0.539. The summed E-state index contributed by atoms with van der Waals surface area (Å²) in [6.07, 6.45) is 3.09. The number of rotatable bonds is 5.